The highest BCUT2D eigenvalue weighted by molar-refractivity contribution is 6.33. The lowest BCUT2D eigenvalue weighted by atomic mass is 9.69. The van der Waals surface area contributed by atoms with Crippen LogP contribution in [-0.4, -0.2) is 37.0 Å². The number of benzene rings is 1. The molecule has 1 aliphatic carbocycles. The number of para-hydroxylation sites is 1. The summed E-state index contributed by atoms with van der Waals surface area (Å²) in [5.41, 5.74) is 0.289. The van der Waals surface area contributed by atoms with Crippen LogP contribution in [0.25, 0.3) is 0 Å². The van der Waals surface area contributed by atoms with E-state index in [-0.39, 0.29) is 5.91 Å². The van der Waals surface area contributed by atoms with Crippen LogP contribution in [0.2, 0.25) is 5.02 Å². The van der Waals surface area contributed by atoms with Gasteiger partial charge in [-0.2, -0.15) is 5.26 Å². The van der Waals surface area contributed by atoms with Gasteiger partial charge in [0.1, 0.15) is 5.41 Å². The molecule has 4 nitrogen and oxygen atoms in total. The van der Waals surface area contributed by atoms with Crippen molar-refractivity contribution in [3.8, 4) is 6.07 Å². The SMILES string of the molecule is N#CC1(C(=O)N2CCN(c3ccccc3Cl)CC2)CCC1. The fourth-order valence-corrected chi connectivity index (χ4v) is 3.32. The first-order chi connectivity index (χ1) is 10.2. The van der Waals surface area contributed by atoms with Crippen LogP contribution in [0.15, 0.2) is 24.3 Å². The van der Waals surface area contributed by atoms with Crippen LogP contribution in [0.4, 0.5) is 5.69 Å². The van der Waals surface area contributed by atoms with Gasteiger partial charge in [0.25, 0.3) is 0 Å². The first-order valence-corrected chi connectivity index (χ1v) is 7.74. The number of hydrogen-bond donors (Lipinski definition) is 0. The second-order valence-electron chi connectivity index (χ2n) is 5.78. The summed E-state index contributed by atoms with van der Waals surface area (Å²) in [6.07, 6.45) is 2.42. The van der Waals surface area contributed by atoms with Crippen molar-refractivity contribution >= 4 is 23.2 Å². The van der Waals surface area contributed by atoms with Gasteiger partial charge in [-0.25, -0.2) is 0 Å². The zero-order valence-electron chi connectivity index (χ0n) is 11.9. The molecular weight excluding hydrogens is 286 g/mol. The predicted octanol–water partition coefficient (Wildman–Crippen LogP) is 2.68. The third-order valence-corrected chi connectivity index (χ3v) is 4.91. The van der Waals surface area contributed by atoms with Crippen molar-refractivity contribution in [2.24, 2.45) is 5.41 Å². The number of nitriles is 1. The molecule has 0 unspecified atom stereocenters. The summed E-state index contributed by atoms with van der Waals surface area (Å²) >= 11 is 6.22. The van der Waals surface area contributed by atoms with E-state index in [4.69, 9.17) is 11.6 Å². The summed E-state index contributed by atoms with van der Waals surface area (Å²) in [5.74, 6) is 0.0232. The maximum absolute atomic E-state index is 12.5. The predicted molar refractivity (Wildman–Crippen MR) is 82.1 cm³/mol. The monoisotopic (exact) mass is 303 g/mol. The van der Waals surface area contributed by atoms with Gasteiger partial charge in [0, 0.05) is 26.2 Å². The molecule has 0 aromatic heterocycles. The zero-order chi connectivity index (χ0) is 14.9. The van der Waals surface area contributed by atoms with Gasteiger partial charge in [0.15, 0.2) is 0 Å². The summed E-state index contributed by atoms with van der Waals surface area (Å²) in [6.45, 7) is 2.84. The smallest absolute Gasteiger partial charge is 0.243 e. The largest absolute Gasteiger partial charge is 0.367 e. The summed E-state index contributed by atoms with van der Waals surface area (Å²) in [5, 5.41) is 10.0. The third kappa shape index (κ3) is 2.47. The van der Waals surface area contributed by atoms with Gasteiger partial charge in [-0.1, -0.05) is 23.7 Å². The highest BCUT2D eigenvalue weighted by Crippen LogP contribution is 2.42. The lowest BCUT2D eigenvalue weighted by Gasteiger charge is -2.42. The minimum atomic E-state index is -0.730. The zero-order valence-corrected chi connectivity index (χ0v) is 12.6. The Kier molecular flexibility index (Phi) is 3.77. The number of hydrogen-bond acceptors (Lipinski definition) is 3. The van der Waals surface area contributed by atoms with Crippen molar-refractivity contribution in [3.05, 3.63) is 29.3 Å². The fourth-order valence-electron chi connectivity index (χ4n) is 3.07. The molecule has 1 saturated carbocycles. The molecule has 2 fully saturated rings. The topological polar surface area (TPSA) is 47.3 Å². The van der Waals surface area contributed by atoms with E-state index in [1.165, 1.54) is 0 Å². The number of halogens is 1. The maximum atomic E-state index is 12.5. The average molecular weight is 304 g/mol. The summed E-state index contributed by atoms with van der Waals surface area (Å²) in [4.78, 5) is 16.5. The Morgan fingerprint density at radius 1 is 1.19 bits per heavy atom. The molecule has 2 aliphatic rings. The molecule has 1 aromatic rings. The van der Waals surface area contributed by atoms with E-state index in [9.17, 15) is 10.1 Å². The number of carbonyl (C=O) groups is 1. The minimum Gasteiger partial charge on any atom is -0.367 e. The quantitative estimate of drug-likeness (QED) is 0.844. The van der Waals surface area contributed by atoms with Crippen molar-refractivity contribution in [3.63, 3.8) is 0 Å². The van der Waals surface area contributed by atoms with Crippen LogP contribution < -0.4 is 4.90 Å². The Morgan fingerprint density at radius 2 is 1.86 bits per heavy atom. The number of rotatable bonds is 2. The second-order valence-corrected chi connectivity index (χ2v) is 6.19. The average Bonchev–Trinajstić information content (AvgIpc) is 2.47. The van der Waals surface area contributed by atoms with Crippen molar-refractivity contribution in [1.82, 2.24) is 4.90 Å². The van der Waals surface area contributed by atoms with Gasteiger partial charge in [-0.05, 0) is 31.4 Å². The van der Waals surface area contributed by atoms with Crippen molar-refractivity contribution in [1.29, 1.82) is 5.26 Å². The molecule has 0 N–H and O–H groups in total. The molecule has 0 bridgehead atoms. The normalized spacial score (nSPS) is 20.6. The molecule has 3 rings (SSSR count). The van der Waals surface area contributed by atoms with E-state index in [0.717, 1.165) is 30.2 Å². The molecule has 1 aliphatic heterocycles. The molecule has 1 amide bonds. The number of anilines is 1. The van der Waals surface area contributed by atoms with E-state index in [1.807, 2.05) is 29.2 Å². The summed E-state index contributed by atoms with van der Waals surface area (Å²) in [7, 11) is 0. The minimum absolute atomic E-state index is 0.0232. The molecular formula is C16H18ClN3O. The lowest BCUT2D eigenvalue weighted by Crippen LogP contribution is -2.54. The van der Waals surface area contributed by atoms with Gasteiger partial charge in [-0.3, -0.25) is 4.79 Å². The van der Waals surface area contributed by atoms with Gasteiger partial charge in [0.05, 0.1) is 16.8 Å². The fraction of sp³-hybridized carbons (Fsp3) is 0.500. The molecule has 1 aromatic carbocycles. The van der Waals surface area contributed by atoms with Gasteiger partial charge in [-0.15, -0.1) is 0 Å². The molecule has 21 heavy (non-hydrogen) atoms. The van der Waals surface area contributed by atoms with Crippen LogP contribution in [0, 0.1) is 16.7 Å². The summed E-state index contributed by atoms with van der Waals surface area (Å²) in [6, 6.07) is 10.0. The molecule has 110 valence electrons. The van der Waals surface area contributed by atoms with E-state index in [1.54, 1.807) is 0 Å². The van der Waals surface area contributed by atoms with Crippen LogP contribution in [0.5, 0.6) is 0 Å². The molecule has 0 spiro atoms. The van der Waals surface area contributed by atoms with Gasteiger partial charge < -0.3 is 9.80 Å². The Morgan fingerprint density at radius 3 is 2.38 bits per heavy atom. The first kappa shape index (κ1) is 14.2. The number of amides is 1. The Labute approximate surface area is 129 Å². The number of carbonyl (C=O) groups excluding carboxylic acids is 1. The van der Waals surface area contributed by atoms with Crippen molar-refractivity contribution in [2.45, 2.75) is 19.3 Å². The van der Waals surface area contributed by atoms with Gasteiger partial charge >= 0.3 is 0 Å². The Hall–Kier alpha value is -1.73. The number of piperazine rings is 1. The first-order valence-electron chi connectivity index (χ1n) is 7.36. The maximum Gasteiger partial charge on any atom is 0.243 e. The van der Waals surface area contributed by atoms with Crippen molar-refractivity contribution in [2.75, 3.05) is 31.1 Å². The van der Waals surface area contributed by atoms with Crippen LogP contribution in [0.1, 0.15) is 19.3 Å². The van der Waals surface area contributed by atoms with Crippen molar-refractivity contribution < 1.29 is 4.79 Å². The summed E-state index contributed by atoms with van der Waals surface area (Å²) < 4.78 is 0. The second kappa shape index (κ2) is 5.57. The van der Waals surface area contributed by atoms with E-state index in [0.29, 0.717) is 25.9 Å². The lowest BCUT2D eigenvalue weighted by molar-refractivity contribution is -0.143. The van der Waals surface area contributed by atoms with Crippen LogP contribution in [0.3, 0.4) is 0 Å². The Balaban J connectivity index is 1.65. The molecule has 1 saturated heterocycles. The van der Waals surface area contributed by atoms with E-state index < -0.39 is 5.41 Å². The third-order valence-electron chi connectivity index (χ3n) is 4.59. The van der Waals surface area contributed by atoms with E-state index >= 15 is 0 Å². The molecule has 0 atom stereocenters. The highest BCUT2D eigenvalue weighted by Gasteiger charge is 2.47. The van der Waals surface area contributed by atoms with E-state index in [2.05, 4.69) is 11.0 Å². The highest BCUT2D eigenvalue weighted by atomic mass is 35.5. The Bertz CT molecular complexity index is 583. The molecule has 5 heteroatoms. The van der Waals surface area contributed by atoms with Crippen LogP contribution in [-0.2, 0) is 4.79 Å². The standard InChI is InChI=1S/C16H18ClN3O/c17-13-4-1-2-5-14(13)19-8-10-20(11-9-19)15(21)16(12-18)6-3-7-16/h1-2,4-5H,3,6-11H2. The van der Waals surface area contributed by atoms with Gasteiger partial charge in [0.2, 0.25) is 5.91 Å². The van der Waals surface area contributed by atoms with Crippen LogP contribution >= 0.6 is 11.6 Å². The molecule has 0 radical (unpaired) electrons. The molecule has 1 heterocycles. The number of nitrogens with zero attached hydrogens (tertiary/aromatic N) is 3.